The summed E-state index contributed by atoms with van der Waals surface area (Å²) in [6, 6.07) is 0.136. The normalized spacial score (nSPS) is 29.1. The second-order valence-corrected chi connectivity index (χ2v) is 9.97. The van der Waals surface area contributed by atoms with E-state index in [9.17, 15) is 14.4 Å². The SMILES string of the molecule is O=C(NC1CCN(C(=O)C2CCCCC2)CC1)C1CCCCC1C(=O)N1CCCC1. The molecule has 0 bridgehead atoms. The summed E-state index contributed by atoms with van der Waals surface area (Å²) in [4.78, 5) is 42.8. The van der Waals surface area contributed by atoms with Crippen LogP contribution in [0, 0.1) is 17.8 Å². The summed E-state index contributed by atoms with van der Waals surface area (Å²) in [6.07, 6.45) is 13.3. The molecule has 3 amide bonds. The fourth-order valence-electron chi connectivity index (χ4n) is 6.07. The Kier molecular flexibility index (Phi) is 7.32. The molecule has 0 radical (unpaired) electrons. The molecule has 4 fully saturated rings. The standard InChI is InChI=1S/C24H39N3O3/c28-22(20-10-4-5-11-21(20)24(30)26-14-6-7-15-26)25-19-12-16-27(17-13-19)23(29)18-8-2-1-3-9-18/h18-21H,1-17H2,(H,25,28). The van der Waals surface area contributed by atoms with Crippen LogP contribution >= 0.6 is 0 Å². The van der Waals surface area contributed by atoms with E-state index in [1.165, 1.54) is 19.3 Å². The van der Waals surface area contributed by atoms with Crippen molar-refractivity contribution >= 4 is 17.7 Å². The molecule has 0 aromatic carbocycles. The van der Waals surface area contributed by atoms with Gasteiger partial charge < -0.3 is 15.1 Å². The van der Waals surface area contributed by atoms with Gasteiger partial charge in [-0.25, -0.2) is 0 Å². The molecule has 6 heteroatoms. The lowest BCUT2D eigenvalue weighted by molar-refractivity contribution is -0.143. The molecule has 2 saturated heterocycles. The molecule has 0 aromatic rings. The Bertz CT molecular complexity index is 617. The average Bonchev–Trinajstić information content (AvgIpc) is 3.34. The lowest BCUT2D eigenvalue weighted by Crippen LogP contribution is -2.51. The Hall–Kier alpha value is -1.59. The zero-order chi connectivity index (χ0) is 20.9. The van der Waals surface area contributed by atoms with Gasteiger partial charge in [-0.05, 0) is 51.4 Å². The second kappa shape index (κ2) is 10.1. The Morgan fingerprint density at radius 3 is 1.80 bits per heavy atom. The minimum absolute atomic E-state index is 0.0734. The Morgan fingerprint density at radius 1 is 0.567 bits per heavy atom. The largest absolute Gasteiger partial charge is 0.353 e. The highest BCUT2D eigenvalue weighted by Crippen LogP contribution is 2.33. The zero-order valence-electron chi connectivity index (χ0n) is 18.4. The highest BCUT2D eigenvalue weighted by molar-refractivity contribution is 5.88. The van der Waals surface area contributed by atoms with Gasteiger partial charge in [0.15, 0.2) is 0 Å². The first kappa shape index (κ1) is 21.6. The van der Waals surface area contributed by atoms with Crippen molar-refractivity contribution in [1.29, 1.82) is 0 Å². The molecule has 2 unspecified atom stereocenters. The van der Waals surface area contributed by atoms with Gasteiger partial charge in [0.1, 0.15) is 0 Å². The van der Waals surface area contributed by atoms with Crippen LogP contribution in [0.15, 0.2) is 0 Å². The van der Waals surface area contributed by atoms with Gasteiger partial charge in [-0.15, -0.1) is 0 Å². The van der Waals surface area contributed by atoms with E-state index >= 15 is 0 Å². The third-order valence-corrected chi connectivity index (χ3v) is 7.95. The number of piperidine rings is 1. The third kappa shape index (κ3) is 5.00. The van der Waals surface area contributed by atoms with E-state index in [0.717, 1.165) is 90.4 Å². The first-order valence-corrected chi connectivity index (χ1v) is 12.5. The number of hydrogen-bond acceptors (Lipinski definition) is 3. The maximum atomic E-state index is 13.1. The molecule has 0 spiro atoms. The van der Waals surface area contributed by atoms with Crippen LogP contribution in [0.2, 0.25) is 0 Å². The highest BCUT2D eigenvalue weighted by atomic mass is 16.2. The van der Waals surface area contributed by atoms with Gasteiger partial charge in [0.2, 0.25) is 17.7 Å². The summed E-state index contributed by atoms with van der Waals surface area (Å²) in [6.45, 7) is 3.22. The lowest BCUT2D eigenvalue weighted by Gasteiger charge is -2.37. The van der Waals surface area contributed by atoms with Crippen LogP contribution in [0.3, 0.4) is 0 Å². The van der Waals surface area contributed by atoms with Gasteiger partial charge >= 0.3 is 0 Å². The number of hydrogen-bond donors (Lipinski definition) is 1. The fourth-order valence-corrected chi connectivity index (χ4v) is 6.07. The predicted octanol–water partition coefficient (Wildman–Crippen LogP) is 3.10. The molecule has 168 valence electrons. The van der Waals surface area contributed by atoms with Crippen LogP contribution in [-0.2, 0) is 14.4 Å². The van der Waals surface area contributed by atoms with E-state index in [-0.39, 0.29) is 35.6 Å². The van der Waals surface area contributed by atoms with Crippen molar-refractivity contribution in [3.05, 3.63) is 0 Å². The minimum atomic E-state index is -0.172. The molecule has 30 heavy (non-hydrogen) atoms. The van der Waals surface area contributed by atoms with Crippen LogP contribution in [0.4, 0.5) is 0 Å². The van der Waals surface area contributed by atoms with Gasteiger partial charge in [-0.2, -0.15) is 0 Å². The summed E-state index contributed by atoms with van der Waals surface area (Å²) in [5, 5.41) is 3.26. The highest BCUT2D eigenvalue weighted by Gasteiger charge is 2.39. The maximum absolute atomic E-state index is 13.1. The summed E-state index contributed by atoms with van der Waals surface area (Å²) in [7, 11) is 0. The number of amides is 3. The summed E-state index contributed by atoms with van der Waals surface area (Å²) in [5.41, 5.74) is 0. The molecule has 2 heterocycles. The monoisotopic (exact) mass is 417 g/mol. The second-order valence-electron chi connectivity index (χ2n) is 9.97. The van der Waals surface area contributed by atoms with Crippen molar-refractivity contribution in [2.45, 2.75) is 89.5 Å². The Morgan fingerprint density at radius 2 is 1.13 bits per heavy atom. The van der Waals surface area contributed by atoms with E-state index in [0.29, 0.717) is 5.91 Å². The fraction of sp³-hybridized carbons (Fsp3) is 0.875. The zero-order valence-corrected chi connectivity index (χ0v) is 18.4. The number of rotatable bonds is 4. The van der Waals surface area contributed by atoms with Gasteiger partial charge in [-0.1, -0.05) is 32.1 Å². The van der Waals surface area contributed by atoms with Crippen molar-refractivity contribution in [1.82, 2.24) is 15.1 Å². The summed E-state index contributed by atoms with van der Waals surface area (Å²) < 4.78 is 0. The number of likely N-dealkylation sites (tertiary alicyclic amines) is 2. The van der Waals surface area contributed by atoms with Crippen LogP contribution in [-0.4, -0.2) is 59.7 Å². The molecule has 0 aromatic heterocycles. The number of nitrogens with zero attached hydrogens (tertiary/aromatic N) is 2. The first-order valence-electron chi connectivity index (χ1n) is 12.5. The lowest BCUT2D eigenvalue weighted by atomic mass is 9.77. The molecule has 4 aliphatic rings. The Labute approximate surface area is 181 Å². The smallest absolute Gasteiger partial charge is 0.226 e. The van der Waals surface area contributed by atoms with E-state index in [1.54, 1.807) is 0 Å². The average molecular weight is 418 g/mol. The molecule has 2 saturated carbocycles. The molecular formula is C24H39N3O3. The maximum Gasteiger partial charge on any atom is 0.226 e. The van der Waals surface area contributed by atoms with E-state index < -0.39 is 0 Å². The quantitative estimate of drug-likeness (QED) is 0.764. The third-order valence-electron chi connectivity index (χ3n) is 7.95. The summed E-state index contributed by atoms with van der Waals surface area (Å²) in [5.74, 6) is 0.538. The van der Waals surface area contributed by atoms with E-state index in [4.69, 9.17) is 0 Å². The molecule has 1 N–H and O–H groups in total. The number of carbonyl (C=O) groups excluding carboxylic acids is 3. The number of carbonyl (C=O) groups is 3. The van der Waals surface area contributed by atoms with Crippen LogP contribution < -0.4 is 5.32 Å². The van der Waals surface area contributed by atoms with E-state index in [1.807, 2.05) is 9.80 Å². The van der Waals surface area contributed by atoms with Crippen molar-refractivity contribution < 1.29 is 14.4 Å². The van der Waals surface area contributed by atoms with E-state index in [2.05, 4.69) is 5.32 Å². The van der Waals surface area contributed by atoms with Crippen LogP contribution in [0.5, 0.6) is 0 Å². The molecular weight excluding hydrogens is 378 g/mol. The van der Waals surface area contributed by atoms with Crippen molar-refractivity contribution in [2.75, 3.05) is 26.2 Å². The van der Waals surface area contributed by atoms with Crippen molar-refractivity contribution in [3.8, 4) is 0 Å². The van der Waals surface area contributed by atoms with Crippen molar-refractivity contribution in [3.63, 3.8) is 0 Å². The predicted molar refractivity (Wildman–Crippen MR) is 116 cm³/mol. The van der Waals surface area contributed by atoms with Crippen molar-refractivity contribution in [2.24, 2.45) is 17.8 Å². The summed E-state index contributed by atoms with van der Waals surface area (Å²) >= 11 is 0. The first-order chi connectivity index (χ1) is 14.6. The molecule has 2 atom stereocenters. The molecule has 4 rings (SSSR count). The van der Waals surface area contributed by atoms with Gasteiger partial charge in [0.05, 0.1) is 0 Å². The molecule has 6 nitrogen and oxygen atoms in total. The van der Waals surface area contributed by atoms with Crippen LogP contribution in [0.1, 0.15) is 83.5 Å². The van der Waals surface area contributed by atoms with Gasteiger partial charge in [0, 0.05) is 50.0 Å². The topological polar surface area (TPSA) is 69.7 Å². The molecule has 2 aliphatic carbocycles. The molecule has 2 aliphatic heterocycles. The van der Waals surface area contributed by atoms with Gasteiger partial charge in [0.25, 0.3) is 0 Å². The Balaban J connectivity index is 1.27. The number of nitrogens with one attached hydrogen (secondary N) is 1. The van der Waals surface area contributed by atoms with Gasteiger partial charge in [-0.3, -0.25) is 14.4 Å². The minimum Gasteiger partial charge on any atom is -0.353 e. The van der Waals surface area contributed by atoms with Crippen LogP contribution in [0.25, 0.3) is 0 Å².